The molecule has 1 aromatic carbocycles. The van der Waals surface area contributed by atoms with E-state index in [1.54, 1.807) is 30.6 Å². The molecule has 23 heavy (non-hydrogen) atoms. The first-order chi connectivity index (χ1) is 11.1. The molecule has 0 spiro atoms. The van der Waals surface area contributed by atoms with Gasteiger partial charge in [0.05, 0.1) is 11.1 Å². The number of aromatic hydroxyl groups is 1. The van der Waals surface area contributed by atoms with E-state index in [0.717, 1.165) is 18.4 Å². The van der Waals surface area contributed by atoms with Crippen molar-refractivity contribution in [3.63, 3.8) is 0 Å². The molecule has 3 rings (SSSR count). The average Bonchev–Trinajstić information content (AvgIpc) is 3.39. The number of nitrogens with zero attached hydrogens (tertiary/aromatic N) is 1. The van der Waals surface area contributed by atoms with Crippen LogP contribution in [0.25, 0.3) is 0 Å². The van der Waals surface area contributed by atoms with Gasteiger partial charge in [-0.15, -0.1) is 0 Å². The van der Waals surface area contributed by atoms with Gasteiger partial charge in [0.2, 0.25) is 0 Å². The molecule has 2 aromatic rings. The molecule has 1 atom stereocenters. The molecule has 1 unspecified atom stereocenters. The molecule has 1 saturated carbocycles. The number of hydrogen-bond acceptors (Lipinski definition) is 3. The second-order valence-electron chi connectivity index (χ2n) is 5.68. The Morgan fingerprint density at radius 3 is 2.87 bits per heavy atom. The van der Waals surface area contributed by atoms with E-state index in [1.165, 1.54) is 0 Å². The van der Waals surface area contributed by atoms with Crippen LogP contribution in [0.15, 0.2) is 42.7 Å². The zero-order chi connectivity index (χ0) is 16.2. The van der Waals surface area contributed by atoms with Crippen molar-refractivity contribution in [1.29, 1.82) is 0 Å². The van der Waals surface area contributed by atoms with Crippen LogP contribution in [0.4, 0.5) is 4.79 Å². The standard InChI is InChI=1S/C17H18ClN3O2/c18-14-5-1-3-13(16(14)22)10-20-17(23)21-15(11-6-7-11)12-4-2-8-19-9-12/h1-5,8-9,11,15,22H,6-7,10H2,(H2,20,21,23). The monoisotopic (exact) mass is 331 g/mol. The van der Waals surface area contributed by atoms with Gasteiger partial charge in [0.1, 0.15) is 5.75 Å². The molecule has 0 bridgehead atoms. The van der Waals surface area contributed by atoms with E-state index in [1.807, 2.05) is 12.1 Å². The molecule has 1 aromatic heterocycles. The van der Waals surface area contributed by atoms with Gasteiger partial charge in [-0.3, -0.25) is 4.98 Å². The number of amides is 2. The maximum absolute atomic E-state index is 12.2. The molecule has 1 aliphatic rings. The number of hydrogen-bond donors (Lipinski definition) is 3. The third-order valence-corrected chi connectivity index (χ3v) is 4.24. The third kappa shape index (κ3) is 3.93. The summed E-state index contributed by atoms with van der Waals surface area (Å²) in [6, 6.07) is 8.60. The number of carbonyl (C=O) groups excluding carboxylic acids is 1. The number of benzene rings is 1. The van der Waals surface area contributed by atoms with E-state index < -0.39 is 0 Å². The Bertz CT molecular complexity index is 689. The quantitative estimate of drug-likeness (QED) is 0.786. The molecule has 0 radical (unpaired) electrons. The van der Waals surface area contributed by atoms with Crippen LogP contribution >= 0.6 is 11.6 Å². The molecule has 120 valence electrons. The Kier molecular flexibility index (Phi) is 4.67. The first kappa shape index (κ1) is 15.6. The van der Waals surface area contributed by atoms with Crippen molar-refractivity contribution in [3.05, 3.63) is 58.9 Å². The highest BCUT2D eigenvalue weighted by atomic mass is 35.5. The van der Waals surface area contributed by atoms with Gasteiger partial charge < -0.3 is 15.7 Å². The summed E-state index contributed by atoms with van der Waals surface area (Å²) in [7, 11) is 0. The van der Waals surface area contributed by atoms with Crippen molar-refractivity contribution < 1.29 is 9.90 Å². The lowest BCUT2D eigenvalue weighted by molar-refractivity contribution is 0.235. The van der Waals surface area contributed by atoms with Crippen LogP contribution in [0, 0.1) is 5.92 Å². The van der Waals surface area contributed by atoms with Gasteiger partial charge >= 0.3 is 6.03 Å². The predicted octanol–water partition coefficient (Wildman–Crippen LogP) is 3.39. The Labute approximate surface area is 139 Å². The molecule has 1 heterocycles. The van der Waals surface area contributed by atoms with Crippen LogP contribution in [0.1, 0.15) is 30.0 Å². The van der Waals surface area contributed by atoms with Gasteiger partial charge in [-0.05, 0) is 36.5 Å². The summed E-state index contributed by atoms with van der Waals surface area (Å²) in [5, 5.41) is 15.9. The molecule has 1 aliphatic carbocycles. The Balaban J connectivity index is 1.61. The lowest BCUT2D eigenvalue weighted by Crippen LogP contribution is -2.38. The van der Waals surface area contributed by atoms with Crippen molar-refractivity contribution >= 4 is 17.6 Å². The Morgan fingerprint density at radius 1 is 1.35 bits per heavy atom. The number of rotatable bonds is 5. The Morgan fingerprint density at radius 2 is 2.17 bits per heavy atom. The summed E-state index contributed by atoms with van der Waals surface area (Å²) >= 11 is 5.86. The molecular weight excluding hydrogens is 314 g/mol. The van der Waals surface area contributed by atoms with Crippen LogP contribution in [-0.4, -0.2) is 16.1 Å². The lowest BCUT2D eigenvalue weighted by atomic mass is 10.1. The second kappa shape index (κ2) is 6.87. The first-order valence-corrected chi connectivity index (χ1v) is 7.93. The fraction of sp³-hybridized carbons (Fsp3) is 0.294. The van der Waals surface area contributed by atoms with Crippen molar-refractivity contribution in [2.45, 2.75) is 25.4 Å². The number of para-hydroxylation sites is 1. The number of halogens is 1. The lowest BCUT2D eigenvalue weighted by Gasteiger charge is -2.19. The van der Waals surface area contributed by atoms with Gasteiger partial charge in [0.25, 0.3) is 0 Å². The minimum Gasteiger partial charge on any atom is -0.506 e. The molecular formula is C17H18ClN3O2. The summed E-state index contributed by atoms with van der Waals surface area (Å²) in [5.41, 5.74) is 1.59. The van der Waals surface area contributed by atoms with Crippen LogP contribution in [0.5, 0.6) is 5.75 Å². The van der Waals surface area contributed by atoms with E-state index >= 15 is 0 Å². The smallest absolute Gasteiger partial charge is 0.315 e. The highest BCUT2D eigenvalue weighted by molar-refractivity contribution is 6.32. The number of pyridine rings is 1. The summed E-state index contributed by atoms with van der Waals surface area (Å²) in [6.45, 7) is 0.211. The number of phenolic OH excluding ortho intramolecular Hbond substituents is 1. The molecule has 5 nitrogen and oxygen atoms in total. The minimum absolute atomic E-state index is 0.000434. The van der Waals surface area contributed by atoms with Gasteiger partial charge in [-0.1, -0.05) is 29.8 Å². The van der Waals surface area contributed by atoms with Crippen molar-refractivity contribution in [1.82, 2.24) is 15.6 Å². The largest absolute Gasteiger partial charge is 0.506 e. The Hall–Kier alpha value is -2.27. The van der Waals surface area contributed by atoms with Gasteiger partial charge in [0.15, 0.2) is 0 Å². The summed E-state index contributed by atoms with van der Waals surface area (Å²) in [4.78, 5) is 16.3. The highest BCUT2D eigenvalue weighted by Gasteiger charge is 2.33. The topological polar surface area (TPSA) is 74.2 Å². The SMILES string of the molecule is O=C(NCc1cccc(Cl)c1O)NC(c1cccnc1)C1CC1. The van der Waals surface area contributed by atoms with Crippen molar-refractivity contribution in [2.24, 2.45) is 5.92 Å². The number of nitrogens with one attached hydrogen (secondary N) is 2. The van der Waals surface area contributed by atoms with Crippen molar-refractivity contribution in [3.8, 4) is 5.75 Å². The van der Waals surface area contributed by atoms with Crippen LogP contribution < -0.4 is 10.6 Å². The van der Waals surface area contributed by atoms with E-state index in [-0.39, 0.29) is 29.4 Å². The minimum atomic E-state index is -0.273. The molecule has 6 heteroatoms. The summed E-state index contributed by atoms with van der Waals surface area (Å²) in [5.74, 6) is 0.463. The molecule has 0 saturated heterocycles. The van der Waals surface area contributed by atoms with E-state index in [2.05, 4.69) is 15.6 Å². The van der Waals surface area contributed by atoms with Gasteiger partial charge in [-0.25, -0.2) is 4.79 Å². The number of phenols is 1. The van der Waals surface area contributed by atoms with Gasteiger partial charge in [0, 0.05) is 24.5 Å². The zero-order valence-corrected chi connectivity index (χ0v) is 13.3. The second-order valence-corrected chi connectivity index (χ2v) is 6.08. The molecule has 2 amide bonds. The number of carbonyl (C=O) groups is 1. The maximum atomic E-state index is 12.2. The highest BCUT2D eigenvalue weighted by Crippen LogP contribution is 2.40. The van der Waals surface area contributed by atoms with E-state index in [4.69, 9.17) is 11.6 Å². The molecule has 1 fully saturated rings. The summed E-state index contributed by atoms with van der Waals surface area (Å²) in [6.07, 6.45) is 5.71. The van der Waals surface area contributed by atoms with Crippen LogP contribution in [0.2, 0.25) is 5.02 Å². The van der Waals surface area contributed by atoms with Crippen LogP contribution in [-0.2, 0) is 6.54 Å². The fourth-order valence-corrected chi connectivity index (χ4v) is 2.73. The van der Waals surface area contributed by atoms with Crippen LogP contribution in [0.3, 0.4) is 0 Å². The maximum Gasteiger partial charge on any atom is 0.315 e. The fourth-order valence-electron chi connectivity index (χ4n) is 2.53. The predicted molar refractivity (Wildman–Crippen MR) is 88.2 cm³/mol. The van der Waals surface area contributed by atoms with Crippen molar-refractivity contribution in [2.75, 3.05) is 0 Å². The average molecular weight is 332 g/mol. The zero-order valence-electron chi connectivity index (χ0n) is 12.5. The third-order valence-electron chi connectivity index (χ3n) is 3.93. The molecule has 0 aliphatic heterocycles. The van der Waals surface area contributed by atoms with Gasteiger partial charge in [-0.2, -0.15) is 0 Å². The number of aromatic nitrogens is 1. The van der Waals surface area contributed by atoms with E-state index in [0.29, 0.717) is 11.5 Å². The molecule has 3 N–H and O–H groups in total. The van der Waals surface area contributed by atoms with E-state index in [9.17, 15) is 9.90 Å². The summed E-state index contributed by atoms with van der Waals surface area (Å²) < 4.78 is 0. The first-order valence-electron chi connectivity index (χ1n) is 7.56. The normalized spacial score (nSPS) is 15.0. The number of urea groups is 1.